The van der Waals surface area contributed by atoms with Gasteiger partial charge in [-0.1, -0.05) is 53.9 Å². The molecular weight excluding hydrogens is 410 g/mol. The molecule has 1 heterocycles. The van der Waals surface area contributed by atoms with E-state index in [1.807, 2.05) is 11.8 Å². The highest BCUT2D eigenvalue weighted by Crippen LogP contribution is 2.86. The molecule has 0 radical (unpaired) electrons. The van der Waals surface area contributed by atoms with Crippen molar-refractivity contribution in [1.29, 1.82) is 0 Å². The third kappa shape index (κ3) is 2.70. The molecule has 5 aliphatic carbocycles. The summed E-state index contributed by atoms with van der Waals surface area (Å²) in [5.41, 5.74) is 1.43. The minimum atomic E-state index is 0.0698. The quantitative estimate of drug-likeness (QED) is 0.470. The lowest BCUT2D eigenvalue weighted by molar-refractivity contribution is -0.133. The van der Waals surface area contributed by atoms with Crippen LogP contribution in [0.2, 0.25) is 0 Å². The third-order valence-corrected chi connectivity index (χ3v) is 14.2. The Balaban J connectivity index is 1.28. The van der Waals surface area contributed by atoms with E-state index >= 15 is 0 Å². The van der Waals surface area contributed by atoms with Crippen LogP contribution in [0.25, 0.3) is 0 Å². The van der Waals surface area contributed by atoms with E-state index in [1.54, 1.807) is 0 Å². The molecule has 6 rings (SSSR count). The molecule has 0 aromatic rings. The van der Waals surface area contributed by atoms with Gasteiger partial charge in [0.05, 0.1) is 10.6 Å². The highest BCUT2D eigenvalue weighted by Gasteiger charge is 2.83. The monoisotopic (exact) mass is 457 g/mol. The number of rotatable bonds is 5. The van der Waals surface area contributed by atoms with E-state index in [0.717, 1.165) is 41.4 Å². The molecule has 2 nitrogen and oxygen atoms in total. The normalized spacial score (nSPS) is 54.2. The molecule has 6 fully saturated rings. The highest BCUT2D eigenvalue weighted by atomic mass is 32.2. The van der Waals surface area contributed by atoms with Gasteiger partial charge in [0.1, 0.15) is 0 Å². The maximum absolute atomic E-state index is 12.6. The number of amides is 1. The van der Waals surface area contributed by atoms with E-state index in [2.05, 4.69) is 39.9 Å². The summed E-state index contributed by atoms with van der Waals surface area (Å²) in [5.74, 6) is 7.19. The molecule has 3 heteroatoms. The minimum Gasteiger partial charge on any atom is -0.340 e. The lowest BCUT2D eigenvalue weighted by Gasteiger charge is -2.64. The molecule has 10 atom stereocenters. The first-order valence-corrected chi connectivity index (χ1v) is 15.1. The fourth-order valence-corrected chi connectivity index (χ4v) is 13.0. The summed E-state index contributed by atoms with van der Waals surface area (Å²) in [4.78, 5) is 12.6. The zero-order valence-corrected chi connectivity index (χ0v) is 22.2. The number of thioether (sulfide) groups is 1. The summed E-state index contributed by atoms with van der Waals surface area (Å²) >= 11 is 2.04. The summed E-state index contributed by atoms with van der Waals surface area (Å²) in [7, 11) is 0. The standard InChI is InChI=1S/C29H47NOS/c1-18(2)7-6-8-19(3)22-9-10-23-21-16-29(30-25(31)17-32-29)28-15-20(28)11-14-27(28,5)24(21)12-13-26(22,23)4/h18-24H,6-17H2,1-5H3,(H,30,31)/t19-,20-,21+,22-,23+,24+,26-,27-,28-,29+/m1/s1. The van der Waals surface area contributed by atoms with Crippen LogP contribution in [-0.4, -0.2) is 16.5 Å². The molecule has 0 unspecified atom stereocenters. The first kappa shape index (κ1) is 22.3. The van der Waals surface area contributed by atoms with E-state index in [4.69, 9.17) is 0 Å². The van der Waals surface area contributed by atoms with Crippen LogP contribution in [0.3, 0.4) is 0 Å². The van der Waals surface area contributed by atoms with E-state index in [9.17, 15) is 4.79 Å². The first-order chi connectivity index (χ1) is 15.2. The number of hydrogen-bond donors (Lipinski definition) is 1. The number of fused-ring (bicyclic) bond motifs is 4. The molecule has 6 aliphatic rings. The summed E-state index contributed by atoms with van der Waals surface area (Å²) in [6, 6.07) is 0. The zero-order valence-electron chi connectivity index (χ0n) is 21.3. The van der Waals surface area contributed by atoms with Crippen LogP contribution in [0.15, 0.2) is 0 Å². The van der Waals surface area contributed by atoms with Crippen molar-refractivity contribution in [3.05, 3.63) is 0 Å². The molecule has 2 spiro atoms. The highest BCUT2D eigenvalue weighted by molar-refractivity contribution is 8.01. The van der Waals surface area contributed by atoms with Crippen LogP contribution >= 0.6 is 11.8 Å². The molecule has 0 aromatic carbocycles. The predicted molar refractivity (Wildman–Crippen MR) is 134 cm³/mol. The van der Waals surface area contributed by atoms with Crippen molar-refractivity contribution in [1.82, 2.24) is 5.32 Å². The van der Waals surface area contributed by atoms with Crippen LogP contribution in [0.5, 0.6) is 0 Å². The largest absolute Gasteiger partial charge is 0.340 e. The fraction of sp³-hybridized carbons (Fsp3) is 0.966. The van der Waals surface area contributed by atoms with Gasteiger partial charge in [-0.3, -0.25) is 4.79 Å². The van der Waals surface area contributed by atoms with Crippen molar-refractivity contribution in [3.8, 4) is 0 Å². The predicted octanol–water partition coefficient (Wildman–Crippen LogP) is 7.28. The molecule has 1 N–H and O–H groups in total. The molecular formula is C29H47NOS. The Morgan fingerprint density at radius 3 is 2.50 bits per heavy atom. The molecule has 1 saturated heterocycles. The van der Waals surface area contributed by atoms with Crippen LogP contribution in [-0.2, 0) is 4.79 Å². The maximum Gasteiger partial charge on any atom is 0.231 e. The number of nitrogens with one attached hydrogen (secondary N) is 1. The SMILES string of the molecule is CC(C)CCC[C@@H](C)[C@H]1CC[C@H]2[C@@H]3C[C@@]4(NC(=O)CS4)[C@]45C[C@H]4CC[C@]5(C)[C@H]3CC[C@]12C. The van der Waals surface area contributed by atoms with Gasteiger partial charge in [-0.2, -0.15) is 0 Å². The molecule has 0 bridgehead atoms. The third-order valence-electron chi connectivity index (χ3n) is 12.6. The van der Waals surface area contributed by atoms with Gasteiger partial charge < -0.3 is 5.32 Å². The summed E-state index contributed by atoms with van der Waals surface area (Å²) in [6.45, 7) is 12.7. The van der Waals surface area contributed by atoms with Gasteiger partial charge in [0.15, 0.2) is 0 Å². The topological polar surface area (TPSA) is 29.1 Å². The van der Waals surface area contributed by atoms with E-state index in [-0.39, 0.29) is 4.87 Å². The Hall–Kier alpha value is -0.180. The van der Waals surface area contributed by atoms with E-state index in [1.165, 1.54) is 70.6 Å². The Morgan fingerprint density at radius 1 is 1.00 bits per heavy atom. The molecule has 1 amide bonds. The second kappa shape index (κ2) is 7.17. The van der Waals surface area contributed by atoms with Gasteiger partial charge in [0.25, 0.3) is 0 Å². The van der Waals surface area contributed by atoms with Crippen molar-refractivity contribution < 1.29 is 4.79 Å². The smallest absolute Gasteiger partial charge is 0.231 e. The van der Waals surface area contributed by atoms with Crippen molar-refractivity contribution in [2.24, 2.45) is 57.7 Å². The average molecular weight is 458 g/mol. The molecule has 180 valence electrons. The van der Waals surface area contributed by atoms with Gasteiger partial charge in [0, 0.05) is 5.41 Å². The van der Waals surface area contributed by atoms with Crippen LogP contribution in [0, 0.1) is 57.7 Å². The fourth-order valence-electron chi connectivity index (χ4n) is 11.3. The average Bonchev–Trinajstić information content (AvgIpc) is 3.02. The first-order valence-electron chi connectivity index (χ1n) is 14.1. The maximum atomic E-state index is 12.6. The van der Waals surface area contributed by atoms with Crippen molar-refractivity contribution in [2.45, 2.75) is 110 Å². The molecule has 32 heavy (non-hydrogen) atoms. The van der Waals surface area contributed by atoms with Crippen LogP contribution in [0.1, 0.15) is 105 Å². The van der Waals surface area contributed by atoms with Gasteiger partial charge in [0.2, 0.25) is 5.91 Å². The molecule has 1 aliphatic heterocycles. The van der Waals surface area contributed by atoms with E-state index in [0.29, 0.717) is 27.9 Å². The van der Waals surface area contributed by atoms with Crippen LogP contribution < -0.4 is 5.32 Å². The zero-order chi connectivity index (χ0) is 22.5. The van der Waals surface area contributed by atoms with Crippen molar-refractivity contribution >= 4 is 17.7 Å². The Bertz CT molecular complexity index is 796. The number of hydrogen-bond acceptors (Lipinski definition) is 2. The van der Waals surface area contributed by atoms with Gasteiger partial charge in [-0.15, -0.1) is 11.8 Å². The summed E-state index contributed by atoms with van der Waals surface area (Å²) < 4.78 is 0. The Kier molecular flexibility index (Phi) is 5.00. The summed E-state index contributed by atoms with van der Waals surface area (Å²) in [5, 5.41) is 3.67. The Labute approximate surface area is 201 Å². The Morgan fingerprint density at radius 2 is 1.81 bits per heavy atom. The molecule has 5 saturated carbocycles. The van der Waals surface area contributed by atoms with Gasteiger partial charge in [-0.05, 0) is 104 Å². The second-order valence-electron chi connectivity index (χ2n) is 14.1. The van der Waals surface area contributed by atoms with Crippen molar-refractivity contribution in [2.75, 3.05) is 5.75 Å². The van der Waals surface area contributed by atoms with Gasteiger partial charge in [-0.25, -0.2) is 0 Å². The minimum absolute atomic E-state index is 0.0698. The number of carbonyl (C=O) groups is 1. The lowest BCUT2D eigenvalue weighted by atomic mass is 9.44. The number of carbonyl (C=O) groups excluding carboxylic acids is 1. The van der Waals surface area contributed by atoms with Crippen molar-refractivity contribution in [3.63, 3.8) is 0 Å². The van der Waals surface area contributed by atoms with Crippen LogP contribution in [0.4, 0.5) is 0 Å². The molecule has 0 aromatic heterocycles. The lowest BCUT2D eigenvalue weighted by Crippen LogP contribution is -2.64. The van der Waals surface area contributed by atoms with Gasteiger partial charge >= 0.3 is 0 Å². The summed E-state index contributed by atoms with van der Waals surface area (Å²) in [6.07, 6.45) is 15.6. The second-order valence-corrected chi connectivity index (χ2v) is 15.4. The van der Waals surface area contributed by atoms with E-state index < -0.39 is 0 Å².